The standard InChI is InChI=1S/C12H12N2O3S/c1-17-6-7-4-2-3-5-8(7)10-9(11(15)16)14-12(13)18-10/h2-5H,6H2,1H3,(H2,13,14)(H,15,16). The second kappa shape index (κ2) is 5.16. The number of anilines is 1. The van der Waals surface area contributed by atoms with Gasteiger partial charge in [-0.15, -0.1) is 0 Å². The van der Waals surface area contributed by atoms with Crippen LogP contribution in [0.25, 0.3) is 10.4 Å². The molecule has 94 valence electrons. The molecule has 0 spiro atoms. The second-order valence-corrected chi connectivity index (χ2v) is 4.66. The van der Waals surface area contributed by atoms with Gasteiger partial charge in [0.2, 0.25) is 0 Å². The van der Waals surface area contributed by atoms with Gasteiger partial charge >= 0.3 is 5.97 Å². The summed E-state index contributed by atoms with van der Waals surface area (Å²) in [5.41, 5.74) is 7.28. The maximum Gasteiger partial charge on any atom is 0.356 e. The van der Waals surface area contributed by atoms with Gasteiger partial charge in [-0.25, -0.2) is 9.78 Å². The van der Waals surface area contributed by atoms with Gasteiger partial charge in [-0.3, -0.25) is 0 Å². The van der Waals surface area contributed by atoms with Crippen LogP contribution in [0, 0.1) is 0 Å². The molecule has 6 heteroatoms. The number of aromatic carboxylic acids is 1. The highest BCUT2D eigenvalue weighted by atomic mass is 32.1. The molecule has 1 aromatic carbocycles. The number of carboxylic acid groups (broad SMARTS) is 1. The molecular formula is C12H12N2O3S. The van der Waals surface area contributed by atoms with E-state index in [1.165, 1.54) is 11.3 Å². The number of hydrogen-bond donors (Lipinski definition) is 2. The van der Waals surface area contributed by atoms with Crippen molar-refractivity contribution in [3.05, 3.63) is 35.5 Å². The maximum atomic E-state index is 11.1. The Bertz CT molecular complexity index is 580. The minimum absolute atomic E-state index is 0.0129. The molecule has 0 saturated heterocycles. The molecule has 0 atom stereocenters. The van der Waals surface area contributed by atoms with Crippen LogP contribution in [0.15, 0.2) is 24.3 Å². The molecule has 3 N–H and O–H groups in total. The molecule has 2 aromatic rings. The fourth-order valence-corrected chi connectivity index (χ4v) is 2.57. The molecule has 0 radical (unpaired) electrons. The quantitative estimate of drug-likeness (QED) is 0.884. The van der Waals surface area contributed by atoms with Gasteiger partial charge in [0.15, 0.2) is 10.8 Å². The van der Waals surface area contributed by atoms with E-state index in [4.69, 9.17) is 15.6 Å². The summed E-state index contributed by atoms with van der Waals surface area (Å²) in [5.74, 6) is -1.08. The van der Waals surface area contributed by atoms with E-state index in [1.807, 2.05) is 24.3 Å². The Hall–Kier alpha value is -1.92. The number of ether oxygens (including phenoxy) is 1. The van der Waals surface area contributed by atoms with Crippen molar-refractivity contribution in [3.63, 3.8) is 0 Å². The Kier molecular flexibility index (Phi) is 3.59. The van der Waals surface area contributed by atoms with E-state index in [0.717, 1.165) is 11.1 Å². The van der Waals surface area contributed by atoms with Crippen LogP contribution in [0.1, 0.15) is 16.1 Å². The number of benzene rings is 1. The van der Waals surface area contributed by atoms with Crippen LogP contribution in [-0.4, -0.2) is 23.2 Å². The predicted octanol–water partition coefficient (Wildman–Crippen LogP) is 2.24. The second-order valence-electron chi connectivity index (χ2n) is 3.63. The lowest BCUT2D eigenvalue weighted by molar-refractivity contribution is 0.0692. The summed E-state index contributed by atoms with van der Waals surface area (Å²) in [6.45, 7) is 0.410. The molecule has 2 rings (SSSR count). The third-order valence-corrected chi connectivity index (χ3v) is 3.33. The monoisotopic (exact) mass is 264 g/mol. The van der Waals surface area contributed by atoms with E-state index < -0.39 is 5.97 Å². The van der Waals surface area contributed by atoms with Crippen molar-refractivity contribution in [3.8, 4) is 10.4 Å². The number of carbonyl (C=O) groups is 1. The van der Waals surface area contributed by atoms with E-state index in [-0.39, 0.29) is 10.8 Å². The third-order valence-electron chi connectivity index (χ3n) is 2.41. The average Bonchev–Trinajstić information content (AvgIpc) is 2.72. The van der Waals surface area contributed by atoms with Crippen LogP contribution < -0.4 is 5.73 Å². The van der Waals surface area contributed by atoms with Crippen molar-refractivity contribution in [2.45, 2.75) is 6.61 Å². The largest absolute Gasteiger partial charge is 0.476 e. The zero-order valence-corrected chi connectivity index (χ0v) is 10.5. The first-order valence-electron chi connectivity index (χ1n) is 5.20. The number of aromatic nitrogens is 1. The maximum absolute atomic E-state index is 11.1. The molecule has 0 aliphatic heterocycles. The number of nitrogens with two attached hydrogens (primary N) is 1. The molecule has 0 amide bonds. The fourth-order valence-electron chi connectivity index (χ4n) is 1.69. The highest BCUT2D eigenvalue weighted by Gasteiger charge is 2.19. The number of thiazole rings is 1. The Morgan fingerprint density at radius 2 is 2.22 bits per heavy atom. The number of hydrogen-bond acceptors (Lipinski definition) is 5. The zero-order chi connectivity index (χ0) is 13.1. The summed E-state index contributed by atoms with van der Waals surface area (Å²) in [4.78, 5) is 15.5. The van der Waals surface area contributed by atoms with Gasteiger partial charge < -0.3 is 15.6 Å². The summed E-state index contributed by atoms with van der Waals surface area (Å²) in [7, 11) is 1.59. The molecule has 5 nitrogen and oxygen atoms in total. The van der Waals surface area contributed by atoms with Crippen LogP contribution >= 0.6 is 11.3 Å². The molecule has 1 heterocycles. The molecule has 0 fully saturated rings. The Labute approximate surface area is 108 Å². The first-order valence-corrected chi connectivity index (χ1v) is 6.02. The number of carboxylic acids is 1. The lowest BCUT2D eigenvalue weighted by Crippen LogP contribution is -2.00. The van der Waals surface area contributed by atoms with Crippen molar-refractivity contribution < 1.29 is 14.6 Å². The van der Waals surface area contributed by atoms with Crippen LogP contribution in [0.5, 0.6) is 0 Å². The van der Waals surface area contributed by atoms with E-state index in [1.54, 1.807) is 7.11 Å². The molecular weight excluding hydrogens is 252 g/mol. The first-order chi connectivity index (χ1) is 8.63. The van der Waals surface area contributed by atoms with Crippen LogP contribution in [0.3, 0.4) is 0 Å². The predicted molar refractivity (Wildman–Crippen MR) is 69.6 cm³/mol. The summed E-state index contributed by atoms with van der Waals surface area (Å²) >= 11 is 1.17. The lowest BCUT2D eigenvalue weighted by atomic mass is 10.1. The topological polar surface area (TPSA) is 85.4 Å². The normalized spacial score (nSPS) is 10.5. The molecule has 0 aliphatic rings. The smallest absolute Gasteiger partial charge is 0.356 e. The molecule has 0 bridgehead atoms. The Morgan fingerprint density at radius 1 is 1.50 bits per heavy atom. The van der Waals surface area contributed by atoms with Crippen molar-refractivity contribution in [2.75, 3.05) is 12.8 Å². The van der Waals surface area contributed by atoms with Gasteiger partial charge in [0, 0.05) is 7.11 Å². The summed E-state index contributed by atoms with van der Waals surface area (Å²) in [5, 5.41) is 9.36. The minimum Gasteiger partial charge on any atom is -0.476 e. The average molecular weight is 264 g/mol. The molecule has 18 heavy (non-hydrogen) atoms. The summed E-state index contributed by atoms with van der Waals surface area (Å²) in [6, 6.07) is 7.45. The Morgan fingerprint density at radius 3 is 2.89 bits per heavy atom. The Balaban J connectivity index is 2.58. The van der Waals surface area contributed by atoms with Crippen molar-refractivity contribution in [1.29, 1.82) is 0 Å². The summed E-state index contributed by atoms with van der Waals surface area (Å²) < 4.78 is 5.10. The highest BCUT2D eigenvalue weighted by Crippen LogP contribution is 2.34. The van der Waals surface area contributed by atoms with Gasteiger partial charge in [0.25, 0.3) is 0 Å². The van der Waals surface area contributed by atoms with Crippen molar-refractivity contribution in [1.82, 2.24) is 4.98 Å². The zero-order valence-electron chi connectivity index (χ0n) is 9.71. The number of nitrogens with zero attached hydrogens (tertiary/aromatic N) is 1. The highest BCUT2D eigenvalue weighted by molar-refractivity contribution is 7.19. The van der Waals surface area contributed by atoms with Crippen LogP contribution in [0.4, 0.5) is 5.13 Å². The number of rotatable bonds is 4. The van der Waals surface area contributed by atoms with Crippen molar-refractivity contribution in [2.24, 2.45) is 0 Å². The third kappa shape index (κ3) is 2.34. The van der Waals surface area contributed by atoms with Crippen molar-refractivity contribution >= 4 is 22.4 Å². The SMILES string of the molecule is COCc1ccccc1-c1sc(N)nc1C(=O)O. The van der Waals surface area contributed by atoms with Gasteiger partial charge in [0.1, 0.15) is 0 Å². The minimum atomic E-state index is -1.08. The van der Waals surface area contributed by atoms with E-state index in [2.05, 4.69) is 4.98 Å². The number of methoxy groups -OCH3 is 1. The summed E-state index contributed by atoms with van der Waals surface area (Å²) in [6.07, 6.45) is 0. The van der Waals surface area contributed by atoms with E-state index in [0.29, 0.717) is 11.5 Å². The fraction of sp³-hybridized carbons (Fsp3) is 0.167. The van der Waals surface area contributed by atoms with Gasteiger partial charge in [-0.2, -0.15) is 0 Å². The van der Waals surface area contributed by atoms with Gasteiger partial charge in [-0.1, -0.05) is 35.6 Å². The lowest BCUT2D eigenvalue weighted by Gasteiger charge is -2.07. The molecule has 0 aliphatic carbocycles. The van der Waals surface area contributed by atoms with Crippen LogP contribution in [-0.2, 0) is 11.3 Å². The van der Waals surface area contributed by atoms with E-state index in [9.17, 15) is 4.79 Å². The van der Waals surface area contributed by atoms with E-state index >= 15 is 0 Å². The van der Waals surface area contributed by atoms with Crippen LogP contribution in [0.2, 0.25) is 0 Å². The van der Waals surface area contributed by atoms with Gasteiger partial charge in [-0.05, 0) is 11.1 Å². The number of nitrogen functional groups attached to an aromatic ring is 1. The first kappa shape index (κ1) is 12.5. The molecule has 1 aromatic heterocycles. The molecule has 0 unspecified atom stereocenters. The van der Waals surface area contributed by atoms with Gasteiger partial charge in [0.05, 0.1) is 11.5 Å². The molecule has 0 saturated carbocycles.